The molecule has 0 spiro atoms. The number of nitrogens with zero attached hydrogens (tertiary/aromatic N) is 1. The van der Waals surface area contributed by atoms with Crippen LogP contribution in [0.5, 0.6) is 0 Å². The van der Waals surface area contributed by atoms with Crippen LogP contribution in [0.4, 0.5) is 0 Å². The van der Waals surface area contributed by atoms with Crippen LogP contribution in [0, 0.1) is 0 Å². The van der Waals surface area contributed by atoms with Crippen LogP contribution in [0.3, 0.4) is 0 Å². The predicted molar refractivity (Wildman–Crippen MR) is 57.0 cm³/mol. The number of rotatable bonds is 6. The molecule has 1 aromatic rings. The lowest BCUT2D eigenvalue weighted by molar-refractivity contribution is 0.264. The van der Waals surface area contributed by atoms with E-state index in [1.165, 1.54) is 0 Å². The Balaban J connectivity index is 2.58. The molecular weight excluding hydrogens is 176 g/mol. The summed E-state index contributed by atoms with van der Waals surface area (Å²) in [5, 5.41) is 12.3. The van der Waals surface area contributed by atoms with Crippen molar-refractivity contribution in [3.05, 3.63) is 30.1 Å². The second kappa shape index (κ2) is 6.51. The summed E-state index contributed by atoms with van der Waals surface area (Å²) in [6, 6.07) is 6.05. The van der Waals surface area contributed by atoms with E-state index in [2.05, 4.69) is 17.2 Å². The molecule has 1 heterocycles. The van der Waals surface area contributed by atoms with Crippen molar-refractivity contribution in [2.24, 2.45) is 0 Å². The predicted octanol–water partition coefficient (Wildman–Crippen LogP) is 1.50. The van der Waals surface area contributed by atoms with Gasteiger partial charge in [0.05, 0.1) is 11.7 Å². The van der Waals surface area contributed by atoms with Crippen molar-refractivity contribution in [1.29, 1.82) is 0 Å². The third-order valence-electron chi connectivity index (χ3n) is 2.10. The van der Waals surface area contributed by atoms with Crippen LogP contribution in [0.1, 0.15) is 31.5 Å². The molecule has 2 N–H and O–H groups in total. The molecular formula is C11H18N2O. The number of pyridine rings is 1. The lowest BCUT2D eigenvalue weighted by atomic mass is 10.1. The van der Waals surface area contributed by atoms with Crippen LogP contribution in [0.2, 0.25) is 0 Å². The van der Waals surface area contributed by atoms with Crippen LogP contribution < -0.4 is 5.32 Å². The summed E-state index contributed by atoms with van der Waals surface area (Å²) < 4.78 is 0. The Morgan fingerprint density at radius 2 is 2.36 bits per heavy atom. The van der Waals surface area contributed by atoms with E-state index in [9.17, 15) is 0 Å². The van der Waals surface area contributed by atoms with Crippen LogP contribution in [0.25, 0.3) is 0 Å². The highest BCUT2D eigenvalue weighted by Gasteiger charge is 2.09. The largest absolute Gasteiger partial charge is 0.396 e. The highest BCUT2D eigenvalue weighted by Crippen LogP contribution is 2.12. The second-order valence-electron chi connectivity index (χ2n) is 3.27. The summed E-state index contributed by atoms with van der Waals surface area (Å²) >= 11 is 0. The molecule has 1 atom stereocenters. The first-order valence-electron chi connectivity index (χ1n) is 5.13. The second-order valence-corrected chi connectivity index (χ2v) is 3.27. The molecule has 3 heteroatoms. The number of hydrogen-bond donors (Lipinski definition) is 2. The zero-order valence-electron chi connectivity index (χ0n) is 8.61. The fraction of sp³-hybridized carbons (Fsp3) is 0.545. The van der Waals surface area contributed by atoms with Gasteiger partial charge in [-0.05, 0) is 31.5 Å². The first-order chi connectivity index (χ1) is 6.88. The smallest absolute Gasteiger partial charge is 0.0574 e. The van der Waals surface area contributed by atoms with Crippen LogP contribution in [-0.4, -0.2) is 23.2 Å². The zero-order chi connectivity index (χ0) is 10.2. The molecule has 0 aliphatic carbocycles. The van der Waals surface area contributed by atoms with Gasteiger partial charge in [-0.1, -0.05) is 13.0 Å². The molecule has 14 heavy (non-hydrogen) atoms. The normalized spacial score (nSPS) is 12.7. The fourth-order valence-electron chi connectivity index (χ4n) is 1.38. The Bertz CT molecular complexity index is 238. The van der Waals surface area contributed by atoms with E-state index in [4.69, 9.17) is 5.11 Å². The quantitative estimate of drug-likeness (QED) is 0.721. The van der Waals surface area contributed by atoms with Crippen molar-refractivity contribution in [3.8, 4) is 0 Å². The number of aromatic nitrogens is 1. The number of aliphatic hydroxyl groups excluding tert-OH is 1. The molecule has 0 aliphatic rings. The summed E-state index contributed by atoms with van der Waals surface area (Å²) in [6.45, 7) is 3.28. The van der Waals surface area contributed by atoms with Crippen molar-refractivity contribution >= 4 is 0 Å². The minimum Gasteiger partial charge on any atom is -0.396 e. The van der Waals surface area contributed by atoms with E-state index in [1.807, 2.05) is 18.2 Å². The van der Waals surface area contributed by atoms with Gasteiger partial charge in [0, 0.05) is 12.8 Å². The molecule has 1 aromatic heterocycles. The minimum atomic E-state index is 0.182. The third kappa shape index (κ3) is 3.44. The van der Waals surface area contributed by atoms with Crippen molar-refractivity contribution in [2.75, 3.05) is 13.2 Å². The molecule has 0 saturated carbocycles. The fourth-order valence-corrected chi connectivity index (χ4v) is 1.38. The molecule has 0 aromatic carbocycles. The molecule has 78 valence electrons. The summed E-state index contributed by atoms with van der Waals surface area (Å²) in [6.07, 6.45) is 3.60. The van der Waals surface area contributed by atoms with Crippen LogP contribution >= 0.6 is 0 Å². The molecule has 3 nitrogen and oxygen atoms in total. The summed E-state index contributed by atoms with van der Waals surface area (Å²) in [5.41, 5.74) is 1.01. The molecule has 0 saturated heterocycles. The Morgan fingerprint density at radius 1 is 1.50 bits per heavy atom. The molecule has 0 aliphatic heterocycles. The Kier molecular flexibility index (Phi) is 5.19. The monoisotopic (exact) mass is 194 g/mol. The van der Waals surface area contributed by atoms with E-state index in [1.54, 1.807) is 6.20 Å². The lowest BCUT2D eigenvalue weighted by Crippen LogP contribution is -2.23. The maximum atomic E-state index is 8.93. The molecule has 0 fully saturated rings. The van der Waals surface area contributed by atoms with Crippen molar-refractivity contribution in [1.82, 2.24) is 10.3 Å². The van der Waals surface area contributed by atoms with Crippen LogP contribution in [-0.2, 0) is 0 Å². The molecule has 1 unspecified atom stereocenters. The highest BCUT2D eigenvalue weighted by atomic mass is 16.3. The Labute approximate surface area is 85.2 Å². The minimum absolute atomic E-state index is 0.182. The maximum Gasteiger partial charge on any atom is 0.0574 e. The summed E-state index contributed by atoms with van der Waals surface area (Å²) in [5.74, 6) is 0. The zero-order valence-corrected chi connectivity index (χ0v) is 8.61. The Hall–Kier alpha value is -0.930. The average molecular weight is 194 g/mol. The van der Waals surface area contributed by atoms with Gasteiger partial charge in [0.15, 0.2) is 0 Å². The summed E-state index contributed by atoms with van der Waals surface area (Å²) in [7, 11) is 0. The molecule has 0 amide bonds. The van der Waals surface area contributed by atoms with E-state index >= 15 is 0 Å². The van der Waals surface area contributed by atoms with Gasteiger partial charge in [0.1, 0.15) is 0 Å². The molecule has 1 rings (SSSR count). The van der Waals surface area contributed by atoms with Gasteiger partial charge in [0.2, 0.25) is 0 Å². The standard InChI is InChI=1S/C11H18N2O/c1-2-7-12-11(6-9-14)10-5-3-4-8-13-10/h3-5,8,11-12,14H,2,6-7,9H2,1H3. The SMILES string of the molecule is CCCNC(CCO)c1ccccn1. The summed E-state index contributed by atoms with van der Waals surface area (Å²) in [4.78, 5) is 4.28. The van der Waals surface area contributed by atoms with Crippen LogP contribution in [0.15, 0.2) is 24.4 Å². The van der Waals surface area contributed by atoms with Crippen molar-refractivity contribution in [2.45, 2.75) is 25.8 Å². The van der Waals surface area contributed by atoms with Crippen molar-refractivity contribution < 1.29 is 5.11 Å². The van der Waals surface area contributed by atoms with E-state index < -0.39 is 0 Å². The Morgan fingerprint density at radius 3 is 2.93 bits per heavy atom. The molecule has 0 bridgehead atoms. The van der Waals surface area contributed by atoms with Gasteiger partial charge < -0.3 is 10.4 Å². The molecule has 0 radical (unpaired) electrons. The highest BCUT2D eigenvalue weighted by molar-refractivity contribution is 5.08. The van der Waals surface area contributed by atoms with E-state index in [-0.39, 0.29) is 12.6 Å². The number of nitrogens with one attached hydrogen (secondary N) is 1. The topological polar surface area (TPSA) is 45.1 Å². The van der Waals surface area contributed by atoms with E-state index in [0.29, 0.717) is 0 Å². The number of aliphatic hydroxyl groups is 1. The van der Waals surface area contributed by atoms with Crippen molar-refractivity contribution in [3.63, 3.8) is 0 Å². The van der Waals surface area contributed by atoms with Gasteiger partial charge >= 0.3 is 0 Å². The van der Waals surface area contributed by atoms with Gasteiger partial charge in [-0.15, -0.1) is 0 Å². The average Bonchev–Trinajstić information content (AvgIpc) is 2.25. The first-order valence-corrected chi connectivity index (χ1v) is 5.13. The van der Waals surface area contributed by atoms with E-state index in [0.717, 1.165) is 25.1 Å². The lowest BCUT2D eigenvalue weighted by Gasteiger charge is -2.16. The van der Waals surface area contributed by atoms with Gasteiger partial charge in [-0.2, -0.15) is 0 Å². The first kappa shape index (κ1) is 11.1. The van der Waals surface area contributed by atoms with Gasteiger partial charge in [0.25, 0.3) is 0 Å². The number of hydrogen-bond acceptors (Lipinski definition) is 3. The third-order valence-corrected chi connectivity index (χ3v) is 2.10. The maximum absolute atomic E-state index is 8.93. The van der Waals surface area contributed by atoms with Gasteiger partial charge in [-0.25, -0.2) is 0 Å². The van der Waals surface area contributed by atoms with Gasteiger partial charge in [-0.3, -0.25) is 4.98 Å².